The van der Waals surface area contributed by atoms with Crippen LogP contribution in [0.5, 0.6) is 5.88 Å². The van der Waals surface area contributed by atoms with Gasteiger partial charge in [0.05, 0.1) is 26.0 Å². The maximum Gasteiger partial charge on any atom is 0.343 e. The van der Waals surface area contributed by atoms with Crippen LogP contribution >= 0.6 is 0 Å². The van der Waals surface area contributed by atoms with Crippen molar-refractivity contribution in [3.63, 3.8) is 0 Å². The standard InChI is InChI=1S/C24H32N6O4/c1-24(2,3)18-7-5-17(6-8-18)14-25-22-27-23-26-19(15-29-9-11-33-12-10-29)13-20(30(23)28-22)34-16-21(31)32-4/h5-8,13H,9-12,14-16H2,1-4H3,(H,25,28). The van der Waals surface area contributed by atoms with Gasteiger partial charge in [0.1, 0.15) is 0 Å². The van der Waals surface area contributed by atoms with Gasteiger partial charge in [-0.3, -0.25) is 4.90 Å². The molecule has 3 heterocycles. The number of benzene rings is 1. The van der Waals surface area contributed by atoms with Crippen LogP contribution in [0, 0.1) is 0 Å². The molecule has 0 aliphatic carbocycles. The van der Waals surface area contributed by atoms with Crippen molar-refractivity contribution in [1.82, 2.24) is 24.5 Å². The fraction of sp³-hybridized carbons (Fsp3) is 0.500. The molecule has 1 saturated heterocycles. The zero-order valence-corrected chi connectivity index (χ0v) is 20.2. The molecule has 1 fully saturated rings. The van der Waals surface area contributed by atoms with Crippen LogP contribution in [0.2, 0.25) is 0 Å². The minimum atomic E-state index is -0.475. The number of carbonyl (C=O) groups is 1. The molecule has 182 valence electrons. The predicted molar refractivity (Wildman–Crippen MR) is 127 cm³/mol. The summed E-state index contributed by atoms with van der Waals surface area (Å²) in [5.74, 6) is 0.737. The highest BCUT2D eigenvalue weighted by atomic mass is 16.6. The molecule has 1 N–H and O–H groups in total. The van der Waals surface area contributed by atoms with Crippen molar-refractivity contribution in [1.29, 1.82) is 0 Å². The molecular weight excluding hydrogens is 436 g/mol. The Labute approximate surface area is 199 Å². The average Bonchev–Trinajstić information content (AvgIpc) is 3.24. The number of hydrogen-bond donors (Lipinski definition) is 1. The lowest BCUT2D eigenvalue weighted by Gasteiger charge is -2.26. The van der Waals surface area contributed by atoms with Gasteiger partial charge in [-0.05, 0) is 16.5 Å². The van der Waals surface area contributed by atoms with Gasteiger partial charge >= 0.3 is 5.97 Å². The molecule has 0 saturated carbocycles. The third kappa shape index (κ3) is 6.00. The lowest BCUT2D eigenvalue weighted by Crippen LogP contribution is -2.35. The Balaban J connectivity index is 1.52. The van der Waals surface area contributed by atoms with E-state index in [-0.39, 0.29) is 12.0 Å². The van der Waals surface area contributed by atoms with E-state index in [0.717, 1.165) is 24.3 Å². The number of morpholine rings is 1. The van der Waals surface area contributed by atoms with Crippen molar-refractivity contribution in [2.45, 2.75) is 39.3 Å². The number of rotatable bonds is 8. The van der Waals surface area contributed by atoms with Gasteiger partial charge < -0.3 is 19.5 Å². The Morgan fingerprint density at radius 1 is 1.15 bits per heavy atom. The van der Waals surface area contributed by atoms with Crippen LogP contribution in [-0.2, 0) is 32.8 Å². The van der Waals surface area contributed by atoms with E-state index >= 15 is 0 Å². The van der Waals surface area contributed by atoms with Gasteiger partial charge in [-0.2, -0.15) is 9.50 Å². The van der Waals surface area contributed by atoms with Gasteiger partial charge in [-0.25, -0.2) is 9.78 Å². The van der Waals surface area contributed by atoms with Gasteiger partial charge in [-0.1, -0.05) is 45.0 Å². The van der Waals surface area contributed by atoms with Crippen LogP contribution in [0.25, 0.3) is 5.78 Å². The van der Waals surface area contributed by atoms with Crippen molar-refractivity contribution in [3.05, 3.63) is 47.2 Å². The molecule has 10 heteroatoms. The molecule has 1 aliphatic heterocycles. The number of nitrogens with zero attached hydrogens (tertiary/aromatic N) is 5. The third-order valence-electron chi connectivity index (χ3n) is 5.66. The van der Waals surface area contributed by atoms with Gasteiger partial charge in [0.2, 0.25) is 11.8 Å². The van der Waals surface area contributed by atoms with E-state index in [0.29, 0.717) is 43.9 Å². The lowest BCUT2D eigenvalue weighted by molar-refractivity contribution is -0.143. The second kappa shape index (κ2) is 10.4. The minimum Gasteiger partial charge on any atom is -0.466 e. The number of esters is 1. The number of ether oxygens (including phenoxy) is 3. The second-order valence-corrected chi connectivity index (χ2v) is 9.29. The molecule has 34 heavy (non-hydrogen) atoms. The van der Waals surface area contributed by atoms with Crippen LogP contribution in [0.3, 0.4) is 0 Å². The van der Waals surface area contributed by atoms with E-state index < -0.39 is 5.97 Å². The summed E-state index contributed by atoms with van der Waals surface area (Å²) in [7, 11) is 1.32. The summed E-state index contributed by atoms with van der Waals surface area (Å²) < 4.78 is 17.3. The van der Waals surface area contributed by atoms with E-state index in [1.54, 1.807) is 6.07 Å². The maximum absolute atomic E-state index is 11.6. The van der Waals surface area contributed by atoms with Crippen LogP contribution in [0.4, 0.5) is 5.95 Å². The maximum atomic E-state index is 11.6. The minimum absolute atomic E-state index is 0.111. The number of anilines is 1. The number of methoxy groups -OCH3 is 1. The Morgan fingerprint density at radius 3 is 2.56 bits per heavy atom. The number of aromatic nitrogens is 4. The van der Waals surface area contributed by atoms with Crippen LogP contribution < -0.4 is 10.1 Å². The monoisotopic (exact) mass is 468 g/mol. The smallest absolute Gasteiger partial charge is 0.343 e. The van der Waals surface area contributed by atoms with Crippen molar-refractivity contribution in [3.8, 4) is 5.88 Å². The molecule has 0 bridgehead atoms. The fourth-order valence-corrected chi connectivity index (χ4v) is 3.63. The summed E-state index contributed by atoms with van der Waals surface area (Å²) in [6.45, 7) is 10.6. The molecule has 0 atom stereocenters. The van der Waals surface area contributed by atoms with Crippen LogP contribution in [0.15, 0.2) is 30.3 Å². The van der Waals surface area contributed by atoms with Gasteiger partial charge in [0, 0.05) is 32.2 Å². The van der Waals surface area contributed by atoms with Crippen molar-refractivity contribution < 1.29 is 19.0 Å². The lowest BCUT2D eigenvalue weighted by atomic mass is 9.87. The summed E-state index contributed by atoms with van der Waals surface area (Å²) >= 11 is 0. The first-order valence-corrected chi connectivity index (χ1v) is 11.4. The van der Waals surface area contributed by atoms with Crippen LogP contribution in [-0.4, -0.2) is 70.5 Å². The highest BCUT2D eigenvalue weighted by Gasteiger charge is 2.17. The summed E-state index contributed by atoms with van der Waals surface area (Å²) in [5.41, 5.74) is 3.30. The summed E-state index contributed by atoms with van der Waals surface area (Å²) in [6.07, 6.45) is 0. The fourth-order valence-electron chi connectivity index (χ4n) is 3.63. The highest BCUT2D eigenvalue weighted by Crippen LogP contribution is 2.23. The average molecular weight is 469 g/mol. The van der Waals surface area contributed by atoms with Gasteiger partial charge in [0.25, 0.3) is 5.78 Å². The molecule has 10 nitrogen and oxygen atoms in total. The van der Waals surface area contributed by atoms with E-state index in [1.165, 1.54) is 17.2 Å². The normalized spacial score (nSPS) is 14.8. The largest absolute Gasteiger partial charge is 0.466 e. The molecule has 4 rings (SSSR count). The van der Waals surface area contributed by atoms with E-state index in [9.17, 15) is 4.79 Å². The first kappa shape index (κ1) is 23.9. The zero-order chi connectivity index (χ0) is 24.1. The number of fused-ring (bicyclic) bond motifs is 1. The van der Waals surface area contributed by atoms with Crippen molar-refractivity contribution >= 4 is 17.7 Å². The van der Waals surface area contributed by atoms with Gasteiger partial charge in [-0.15, -0.1) is 5.10 Å². The molecule has 0 radical (unpaired) electrons. The summed E-state index contributed by atoms with van der Waals surface area (Å²) in [5, 5.41) is 7.75. The van der Waals surface area contributed by atoms with E-state index in [4.69, 9.17) is 14.2 Å². The third-order valence-corrected chi connectivity index (χ3v) is 5.66. The number of hydrogen-bond acceptors (Lipinski definition) is 9. The SMILES string of the molecule is COC(=O)COc1cc(CN2CCOCC2)nc2nc(NCc3ccc(C(C)(C)C)cc3)nn12. The Hall–Kier alpha value is -3.24. The second-order valence-electron chi connectivity index (χ2n) is 9.29. The molecule has 0 amide bonds. The molecular formula is C24H32N6O4. The van der Waals surface area contributed by atoms with E-state index in [1.807, 2.05) is 0 Å². The Bertz CT molecular complexity index is 1120. The highest BCUT2D eigenvalue weighted by molar-refractivity contribution is 5.70. The summed E-state index contributed by atoms with van der Waals surface area (Å²) in [6, 6.07) is 10.3. The molecule has 2 aromatic heterocycles. The van der Waals surface area contributed by atoms with Crippen molar-refractivity contribution in [2.75, 3.05) is 45.3 Å². The first-order valence-electron chi connectivity index (χ1n) is 11.4. The first-order chi connectivity index (χ1) is 16.3. The molecule has 0 spiro atoms. The zero-order valence-electron chi connectivity index (χ0n) is 20.2. The van der Waals surface area contributed by atoms with Crippen molar-refractivity contribution in [2.24, 2.45) is 0 Å². The molecule has 1 aromatic carbocycles. The molecule has 0 unspecified atom stereocenters. The van der Waals surface area contributed by atoms with Crippen LogP contribution in [0.1, 0.15) is 37.6 Å². The topological polar surface area (TPSA) is 103 Å². The van der Waals surface area contributed by atoms with Gasteiger partial charge in [0.15, 0.2) is 6.61 Å². The Kier molecular flexibility index (Phi) is 7.28. The number of nitrogens with one attached hydrogen (secondary N) is 1. The Morgan fingerprint density at radius 2 is 1.88 bits per heavy atom. The predicted octanol–water partition coefficient (Wildman–Crippen LogP) is 2.42. The quantitative estimate of drug-likeness (QED) is 0.499. The van der Waals surface area contributed by atoms with E-state index in [2.05, 4.69) is 70.3 Å². The number of carbonyl (C=O) groups excluding carboxylic acids is 1. The summed E-state index contributed by atoms with van der Waals surface area (Å²) in [4.78, 5) is 23.1. The molecule has 3 aromatic rings. The molecule has 1 aliphatic rings.